The highest BCUT2D eigenvalue weighted by molar-refractivity contribution is 7.99. The molecule has 0 radical (unpaired) electrons. The van der Waals surface area contributed by atoms with Gasteiger partial charge in [0.15, 0.2) is 0 Å². The quantitative estimate of drug-likeness (QED) is 0.351. The molecule has 31 heavy (non-hydrogen) atoms. The Hall–Kier alpha value is -3.05. The predicted octanol–water partition coefficient (Wildman–Crippen LogP) is 5.62. The number of aliphatic carboxylic acids is 1. The van der Waals surface area contributed by atoms with Crippen LogP contribution in [0.5, 0.6) is 0 Å². The number of thioether (sulfide) groups is 1. The van der Waals surface area contributed by atoms with Crippen LogP contribution in [0.2, 0.25) is 0 Å². The molecule has 0 heterocycles. The van der Waals surface area contributed by atoms with Crippen LogP contribution in [0.3, 0.4) is 0 Å². The van der Waals surface area contributed by atoms with E-state index < -0.39 is 5.97 Å². The molecule has 0 saturated heterocycles. The summed E-state index contributed by atoms with van der Waals surface area (Å²) in [6.07, 6.45) is 0.0478. The van der Waals surface area contributed by atoms with Gasteiger partial charge in [0.2, 0.25) is 0 Å². The first-order chi connectivity index (χ1) is 15.1. The second-order valence-electron chi connectivity index (χ2n) is 7.70. The van der Waals surface area contributed by atoms with Gasteiger partial charge in [-0.25, -0.2) is 0 Å². The van der Waals surface area contributed by atoms with Crippen LogP contribution in [0.25, 0.3) is 11.1 Å². The Bertz CT molecular complexity index is 1020. The van der Waals surface area contributed by atoms with Gasteiger partial charge in [0, 0.05) is 29.4 Å². The largest absolute Gasteiger partial charge is 0.481 e. The standard InChI is InChI=1S/C26H24O4S/c27-25(28)14-18(17-31-19-8-2-1-3-9-19)15-26(29)30-16-24-22-12-6-4-10-20(22)21-11-5-7-13-23(21)24/h1-13,18,24H,14-17H2,(H,27,28)/t18-/m0/s1. The number of fused-ring (bicyclic) bond motifs is 3. The average Bonchev–Trinajstić information content (AvgIpc) is 3.10. The van der Waals surface area contributed by atoms with Crippen molar-refractivity contribution in [3.8, 4) is 11.1 Å². The Morgan fingerprint density at radius 1 is 0.839 bits per heavy atom. The van der Waals surface area contributed by atoms with Crippen molar-refractivity contribution in [1.29, 1.82) is 0 Å². The first kappa shape index (κ1) is 21.2. The summed E-state index contributed by atoms with van der Waals surface area (Å²) < 4.78 is 5.66. The van der Waals surface area contributed by atoms with E-state index >= 15 is 0 Å². The Morgan fingerprint density at radius 3 is 2.03 bits per heavy atom. The Kier molecular flexibility index (Phi) is 6.73. The lowest BCUT2D eigenvalue weighted by molar-refractivity contribution is -0.145. The summed E-state index contributed by atoms with van der Waals surface area (Å²) in [5, 5.41) is 9.25. The topological polar surface area (TPSA) is 63.6 Å². The number of carbonyl (C=O) groups is 2. The Morgan fingerprint density at radius 2 is 1.42 bits per heavy atom. The van der Waals surface area contributed by atoms with Gasteiger partial charge in [0.25, 0.3) is 0 Å². The summed E-state index contributed by atoms with van der Waals surface area (Å²) in [7, 11) is 0. The molecule has 3 aromatic carbocycles. The van der Waals surface area contributed by atoms with E-state index in [-0.39, 0.29) is 37.3 Å². The zero-order valence-corrected chi connectivity index (χ0v) is 17.9. The molecule has 3 aromatic rings. The maximum absolute atomic E-state index is 12.6. The fourth-order valence-corrected chi connectivity index (χ4v) is 5.09. The van der Waals surface area contributed by atoms with Crippen molar-refractivity contribution in [3.63, 3.8) is 0 Å². The number of carboxylic acid groups (broad SMARTS) is 1. The van der Waals surface area contributed by atoms with Crippen LogP contribution in [0, 0.1) is 5.92 Å². The molecule has 1 N–H and O–H groups in total. The first-order valence-electron chi connectivity index (χ1n) is 10.4. The number of ether oxygens (including phenoxy) is 1. The van der Waals surface area contributed by atoms with Gasteiger partial charge in [-0.3, -0.25) is 9.59 Å². The number of carbonyl (C=O) groups excluding carboxylic acids is 1. The van der Waals surface area contributed by atoms with Gasteiger partial charge in [-0.1, -0.05) is 66.7 Å². The van der Waals surface area contributed by atoms with E-state index in [0.717, 1.165) is 4.90 Å². The fraction of sp³-hybridized carbons (Fsp3) is 0.231. The molecule has 0 unspecified atom stereocenters. The molecule has 0 spiro atoms. The van der Waals surface area contributed by atoms with Crippen molar-refractivity contribution in [2.24, 2.45) is 5.92 Å². The molecule has 5 heteroatoms. The van der Waals surface area contributed by atoms with Crippen molar-refractivity contribution in [2.45, 2.75) is 23.7 Å². The molecule has 0 saturated carbocycles. The Labute approximate surface area is 186 Å². The third-order valence-electron chi connectivity index (χ3n) is 5.52. The van der Waals surface area contributed by atoms with Crippen molar-refractivity contribution in [3.05, 3.63) is 90.0 Å². The highest BCUT2D eigenvalue weighted by Crippen LogP contribution is 2.44. The number of esters is 1. The summed E-state index contributed by atoms with van der Waals surface area (Å²) in [6, 6.07) is 26.2. The van der Waals surface area contributed by atoms with Gasteiger partial charge in [-0.15, -0.1) is 11.8 Å². The normalized spacial score (nSPS) is 13.3. The van der Waals surface area contributed by atoms with Crippen molar-refractivity contribution >= 4 is 23.7 Å². The van der Waals surface area contributed by atoms with Crippen LogP contribution >= 0.6 is 11.8 Å². The lowest BCUT2D eigenvalue weighted by atomic mass is 9.98. The van der Waals surface area contributed by atoms with Crippen LogP contribution in [0.15, 0.2) is 83.8 Å². The highest BCUT2D eigenvalue weighted by atomic mass is 32.2. The third-order valence-corrected chi connectivity index (χ3v) is 6.76. The SMILES string of the molecule is O=C(O)C[C@H](CSc1ccccc1)CC(=O)OCC1c2ccccc2-c2ccccc21. The zero-order valence-electron chi connectivity index (χ0n) is 17.1. The minimum Gasteiger partial charge on any atom is -0.481 e. The smallest absolute Gasteiger partial charge is 0.306 e. The molecule has 0 amide bonds. The maximum Gasteiger partial charge on any atom is 0.306 e. The summed E-state index contributed by atoms with van der Waals surface area (Å²) in [5.41, 5.74) is 4.70. The van der Waals surface area contributed by atoms with E-state index in [2.05, 4.69) is 24.3 Å². The molecule has 0 aromatic heterocycles. The van der Waals surface area contributed by atoms with Crippen molar-refractivity contribution in [2.75, 3.05) is 12.4 Å². The van der Waals surface area contributed by atoms with Gasteiger partial charge >= 0.3 is 11.9 Å². The van der Waals surface area contributed by atoms with Gasteiger partial charge in [0.1, 0.15) is 6.61 Å². The Balaban J connectivity index is 1.38. The molecule has 4 nitrogen and oxygen atoms in total. The predicted molar refractivity (Wildman–Crippen MR) is 122 cm³/mol. The van der Waals surface area contributed by atoms with Gasteiger partial charge in [-0.2, -0.15) is 0 Å². The lowest BCUT2D eigenvalue weighted by Gasteiger charge is -2.17. The van der Waals surface area contributed by atoms with E-state index in [1.54, 1.807) is 11.8 Å². The first-order valence-corrected chi connectivity index (χ1v) is 11.3. The number of rotatable bonds is 9. The molecule has 1 aliphatic rings. The van der Waals surface area contributed by atoms with Crippen LogP contribution in [0.4, 0.5) is 0 Å². The van der Waals surface area contributed by atoms with E-state index in [1.165, 1.54) is 22.3 Å². The average molecular weight is 433 g/mol. The summed E-state index contributed by atoms with van der Waals surface area (Å²) in [5.74, 6) is -0.959. The molecule has 0 bridgehead atoms. The highest BCUT2D eigenvalue weighted by Gasteiger charge is 2.29. The summed E-state index contributed by atoms with van der Waals surface area (Å²) in [4.78, 5) is 24.9. The lowest BCUT2D eigenvalue weighted by Crippen LogP contribution is -2.19. The second kappa shape index (κ2) is 9.84. The van der Waals surface area contributed by atoms with Crippen LogP contribution < -0.4 is 0 Å². The molecule has 1 atom stereocenters. The van der Waals surface area contributed by atoms with Gasteiger partial charge in [0.05, 0.1) is 0 Å². The minimum absolute atomic E-state index is 0.00738. The van der Waals surface area contributed by atoms with Crippen molar-refractivity contribution < 1.29 is 19.4 Å². The van der Waals surface area contributed by atoms with Crippen LogP contribution in [-0.2, 0) is 14.3 Å². The molecular formula is C26H24O4S. The molecule has 1 aliphatic carbocycles. The summed E-state index contributed by atoms with van der Waals surface area (Å²) >= 11 is 1.57. The fourth-order valence-electron chi connectivity index (χ4n) is 4.08. The van der Waals surface area contributed by atoms with E-state index in [0.29, 0.717) is 5.75 Å². The zero-order chi connectivity index (χ0) is 21.6. The number of hydrogen-bond acceptors (Lipinski definition) is 4. The van der Waals surface area contributed by atoms with E-state index in [4.69, 9.17) is 4.74 Å². The van der Waals surface area contributed by atoms with Gasteiger partial charge in [-0.05, 0) is 40.3 Å². The van der Waals surface area contributed by atoms with Crippen molar-refractivity contribution in [1.82, 2.24) is 0 Å². The van der Waals surface area contributed by atoms with E-state index in [9.17, 15) is 14.7 Å². The summed E-state index contributed by atoms with van der Waals surface area (Å²) in [6.45, 7) is 0.262. The van der Waals surface area contributed by atoms with Crippen LogP contribution in [-0.4, -0.2) is 29.4 Å². The number of benzene rings is 3. The second-order valence-corrected chi connectivity index (χ2v) is 8.80. The van der Waals surface area contributed by atoms with E-state index in [1.807, 2.05) is 54.6 Å². The maximum atomic E-state index is 12.6. The molecule has 158 valence electrons. The molecular weight excluding hydrogens is 408 g/mol. The molecule has 0 fully saturated rings. The molecule has 4 rings (SSSR count). The molecule has 0 aliphatic heterocycles. The minimum atomic E-state index is -0.898. The van der Waals surface area contributed by atoms with Crippen LogP contribution in [0.1, 0.15) is 29.9 Å². The van der Waals surface area contributed by atoms with Gasteiger partial charge < -0.3 is 9.84 Å². The third kappa shape index (κ3) is 5.17. The number of carboxylic acids is 1. The monoisotopic (exact) mass is 432 g/mol. The number of hydrogen-bond donors (Lipinski definition) is 1.